The lowest BCUT2D eigenvalue weighted by molar-refractivity contribution is -0.384. The van der Waals surface area contributed by atoms with Gasteiger partial charge in [0.05, 0.1) is 28.8 Å². The second-order valence-corrected chi connectivity index (χ2v) is 6.69. The van der Waals surface area contributed by atoms with Crippen molar-refractivity contribution in [3.8, 4) is 11.5 Å². The minimum absolute atomic E-state index is 0.118. The van der Waals surface area contributed by atoms with Crippen molar-refractivity contribution in [2.75, 3.05) is 7.11 Å². The molecule has 9 nitrogen and oxygen atoms in total. The first-order chi connectivity index (χ1) is 15.4. The molecule has 32 heavy (non-hydrogen) atoms. The molecule has 0 fully saturated rings. The summed E-state index contributed by atoms with van der Waals surface area (Å²) in [6.07, 6.45) is 1.37. The number of carbonyl (C=O) groups is 2. The first kappa shape index (κ1) is 22.4. The average molecular weight is 454 g/mol. The number of rotatable bonds is 7. The van der Waals surface area contributed by atoms with E-state index in [0.717, 1.165) is 0 Å². The third-order valence-corrected chi connectivity index (χ3v) is 4.53. The van der Waals surface area contributed by atoms with Crippen molar-refractivity contribution in [3.63, 3.8) is 0 Å². The lowest BCUT2D eigenvalue weighted by Crippen LogP contribution is -2.17. The number of halogens is 1. The number of nitrogens with zero attached hydrogens (tertiary/aromatic N) is 2. The van der Waals surface area contributed by atoms with Gasteiger partial charge in [0, 0.05) is 17.7 Å². The summed E-state index contributed by atoms with van der Waals surface area (Å²) in [6, 6.07) is 16.3. The summed E-state index contributed by atoms with van der Waals surface area (Å²) in [5, 5.41) is 14.8. The Hall–Kier alpha value is -4.24. The third-order valence-electron chi connectivity index (χ3n) is 4.20. The molecular formula is C22H16ClN3O6. The van der Waals surface area contributed by atoms with E-state index in [1.54, 1.807) is 36.4 Å². The van der Waals surface area contributed by atoms with Gasteiger partial charge in [-0.2, -0.15) is 5.10 Å². The van der Waals surface area contributed by atoms with Gasteiger partial charge >= 0.3 is 5.97 Å². The van der Waals surface area contributed by atoms with Gasteiger partial charge in [-0.1, -0.05) is 23.7 Å². The van der Waals surface area contributed by atoms with E-state index in [4.69, 9.17) is 21.1 Å². The lowest BCUT2D eigenvalue weighted by atomic mass is 10.2. The Bertz CT molecular complexity index is 1190. The number of nitro groups is 1. The van der Waals surface area contributed by atoms with E-state index in [-0.39, 0.29) is 33.3 Å². The molecule has 162 valence electrons. The molecule has 1 amide bonds. The maximum absolute atomic E-state index is 12.4. The van der Waals surface area contributed by atoms with Gasteiger partial charge in [-0.25, -0.2) is 10.2 Å². The van der Waals surface area contributed by atoms with E-state index in [9.17, 15) is 19.7 Å². The highest BCUT2D eigenvalue weighted by Gasteiger charge is 2.15. The molecule has 0 unspecified atom stereocenters. The van der Waals surface area contributed by atoms with E-state index in [0.29, 0.717) is 5.56 Å². The smallest absolute Gasteiger partial charge is 0.345 e. The maximum Gasteiger partial charge on any atom is 0.345 e. The van der Waals surface area contributed by atoms with Crippen molar-refractivity contribution in [3.05, 3.63) is 98.6 Å². The number of amides is 1. The molecule has 0 radical (unpaired) electrons. The van der Waals surface area contributed by atoms with Gasteiger partial charge in [-0.05, 0) is 48.0 Å². The minimum Gasteiger partial charge on any atom is -0.493 e. The predicted octanol–water partition coefficient (Wildman–Crippen LogP) is 4.24. The average Bonchev–Trinajstić information content (AvgIpc) is 2.80. The molecule has 1 N–H and O–H groups in total. The second-order valence-electron chi connectivity index (χ2n) is 6.28. The molecule has 3 aromatic carbocycles. The minimum atomic E-state index is -0.634. The van der Waals surface area contributed by atoms with Gasteiger partial charge in [-0.3, -0.25) is 14.9 Å². The SMILES string of the molecule is COc1cc(/C=N\NC(=O)c2ccc([N+](=O)[O-])cc2)ccc1OC(=O)c1ccccc1Cl. The van der Waals surface area contributed by atoms with Gasteiger partial charge in [-0.15, -0.1) is 0 Å². The number of esters is 1. The molecule has 10 heteroatoms. The number of methoxy groups -OCH3 is 1. The molecule has 0 aliphatic carbocycles. The summed E-state index contributed by atoms with van der Waals surface area (Å²) in [6.45, 7) is 0. The first-order valence-corrected chi connectivity index (χ1v) is 9.49. The second kappa shape index (κ2) is 10.2. The zero-order valence-electron chi connectivity index (χ0n) is 16.7. The summed E-state index contributed by atoms with van der Waals surface area (Å²) in [5.74, 6) is -0.709. The van der Waals surface area contributed by atoms with Crippen LogP contribution >= 0.6 is 11.6 Å². The molecule has 3 aromatic rings. The summed E-state index contributed by atoms with van der Waals surface area (Å²) in [7, 11) is 1.42. The van der Waals surface area contributed by atoms with E-state index in [1.165, 1.54) is 43.7 Å². The number of hydrazone groups is 1. The molecule has 0 aromatic heterocycles. The number of non-ortho nitro benzene ring substituents is 1. The number of nitro benzene ring substituents is 1. The Labute approximate surface area is 187 Å². The fourth-order valence-corrected chi connectivity index (χ4v) is 2.81. The number of hydrogen-bond acceptors (Lipinski definition) is 7. The monoisotopic (exact) mass is 453 g/mol. The molecule has 0 heterocycles. The van der Waals surface area contributed by atoms with E-state index < -0.39 is 16.8 Å². The number of carbonyl (C=O) groups excluding carboxylic acids is 2. The van der Waals surface area contributed by atoms with Crippen molar-refractivity contribution in [2.45, 2.75) is 0 Å². The van der Waals surface area contributed by atoms with E-state index >= 15 is 0 Å². The van der Waals surface area contributed by atoms with Crippen LogP contribution in [0.15, 0.2) is 71.8 Å². The summed E-state index contributed by atoms with van der Waals surface area (Å²) < 4.78 is 10.6. The molecule has 0 saturated heterocycles. The zero-order chi connectivity index (χ0) is 23.1. The van der Waals surface area contributed by atoms with Crippen LogP contribution in [0.5, 0.6) is 11.5 Å². The van der Waals surface area contributed by atoms with Gasteiger partial charge in [0.25, 0.3) is 11.6 Å². The van der Waals surface area contributed by atoms with Crippen LogP contribution in [0, 0.1) is 10.1 Å². The standard InChI is InChI=1S/C22H16ClN3O6/c1-31-20-12-14(6-11-19(20)32-22(28)17-4-2-3-5-18(17)23)13-24-25-21(27)15-7-9-16(10-8-15)26(29)30/h2-13H,1H3,(H,25,27)/b24-13-. The molecule has 0 aliphatic heterocycles. The van der Waals surface area contributed by atoms with Gasteiger partial charge in [0.1, 0.15) is 0 Å². The Morgan fingerprint density at radius 1 is 1.06 bits per heavy atom. The Morgan fingerprint density at radius 3 is 2.44 bits per heavy atom. The quantitative estimate of drug-likeness (QED) is 0.188. The highest BCUT2D eigenvalue weighted by molar-refractivity contribution is 6.33. The van der Waals surface area contributed by atoms with Crippen molar-refractivity contribution in [1.82, 2.24) is 5.43 Å². The highest BCUT2D eigenvalue weighted by Crippen LogP contribution is 2.29. The molecular weight excluding hydrogens is 438 g/mol. The van der Waals surface area contributed by atoms with Crippen molar-refractivity contribution in [1.29, 1.82) is 0 Å². The summed E-state index contributed by atoms with van der Waals surface area (Å²) >= 11 is 6.02. The van der Waals surface area contributed by atoms with Crippen LogP contribution < -0.4 is 14.9 Å². The van der Waals surface area contributed by atoms with E-state index in [2.05, 4.69) is 10.5 Å². The first-order valence-electron chi connectivity index (χ1n) is 9.11. The number of nitrogens with one attached hydrogen (secondary N) is 1. The van der Waals surface area contributed by atoms with Crippen LogP contribution in [0.3, 0.4) is 0 Å². The van der Waals surface area contributed by atoms with Crippen molar-refractivity contribution in [2.24, 2.45) is 5.10 Å². The Kier molecular flexibility index (Phi) is 7.14. The largest absolute Gasteiger partial charge is 0.493 e. The third kappa shape index (κ3) is 5.46. The van der Waals surface area contributed by atoms with Crippen LogP contribution in [0.25, 0.3) is 0 Å². The normalized spacial score (nSPS) is 10.6. The van der Waals surface area contributed by atoms with Crippen molar-refractivity contribution >= 4 is 35.4 Å². The number of ether oxygens (including phenoxy) is 2. The van der Waals surface area contributed by atoms with Crippen molar-refractivity contribution < 1.29 is 24.0 Å². The van der Waals surface area contributed by atoms with Crippen LogP contribution in [-0.2, 0) is 0 Å². The zero-order valence-corrected chi connectivity index (χ0v) is 17.4. The van der Waals surface area contributed by atoms with Crippen LogP contribution in [0.4, 0.5) is 5.69 Å². The fraction of sp³-hybridized carbons (Fsp3) is 0.0455. The van der Waals surface area contributed by atoms with E-state index in [1.807, 2.05) is 0 Å². The summed E-state index contributed by atoms with van der Waals surface area (Å²) in [5.41, 5.74) is 3.20. The highest BCUT2D eigenvalue weighted by atomic mass is 35.5. The Morgan fingerprint density at radius 2 is 1.78 bits per heavy atom. The van der Waals surface area contributed by atoms with Gasteiger partial charge < -0.3 is 9.47 Å². The van der Waals surface area contributed by atoms with Crippen LogP contribution in [0.2, 0.25) is 5.02 Å². The Balaban J connectivity index is 1.67. The van der Waals surface area contributed by atoms with Crippen LogP contribution in [-0.4, -0.2) is 30.1 Å². The topological polar surface area (TPSA) is 120 Å². The maximum atomic E-state index is 12.4. The summed E-state index contributed by atoms with van der Waals surface area (Å²) in [4.78, 5) is 34.6. The number of benzene rings is 3. The van der Waals surface area contributed by atoms with Gasteiger partial charge in [0.15, 0.2) is 11.5 Å². The molecule has 0 aliphatic rings. The number of hydrogen-bond donors (Lipinski definition) is 1. The lowest BCUT2D eigenvalue weighted by Gasteiger charge is -2.10. The fourth-order valence-electron chi connectivity index (χ4n) is 2.59. The molecule has 0 bridgehead atoms. The van der Waals surface area contributed by atoms with Gasteiger partial charge in [0.2, 0.25) is 0 Å². The van der Waals surface area contributed by atoms with Crippen LogP contribution in [0.1, 0.15) is 26.3 Å². The molecule has 3 rings (SSSR count). The molecule has 0 atom stereocenters. The molecule has 0 saturated carbocycles. The molecule has 0 spiro atoms. The predicted molar refractivity (Wildman–Crippen MR) is 118 cm³/mol.